The monoisotopic (exact) mass is 645 g/mol. The third-order valence-electron chi connectivity index (χ3n) is 8.76. The number of fused-ring (bicyclic) bond motifs is 3. The molecule has 12 heteroatoms. The second kappa shape index (κ2) is 16.6. The molecule has 1 aliphatic heterocycles. The summed E-state index contributed by atoms with van der Waals surface area (Å²) < 4.78 is 17.7. The number of aryl methyl sites for hydroxylation is 1. The lowest BCUT2D eigenvalue weighted by atomic mass is 10.1. The molecule has 0 spiro atoms. The summed E-state index contributed by atoms with van der Waals surface area (Å²) in [4.78, 5) is 41.9. The molecule has 0 saturated carbocycles. The van der Waals surface area contributed by atoms with Crippen LogP contribution in [-0.4, -0.2) is 121 Å². The minimum absolute atomic E-state index is 0.0858. The van der Waals surface area contributed by atoms with Gasteiger partial charge < -0.3 is 29.4 Å². The molecule has 5 rings (SSSR count). The van der Waals surface area contributed by atoms with Gasteiger partial charge in [-0.05, 0) is 23.6 Å². The van der Waals surface area contributed by atoms with Crippen molar-refractivity contribution in [3.8, 4) is 0 Å². The number of amides is 1. The van der Waals surface area contributed by atoms with E-state index in [2.05, 4.69) is 25.4 Å². The number of piperazine rings is 1. The third kappa shape index (κ3) is 8.83. The molecule has 1 saturated heterocycles. The highest BCUT2D eigenvalue weighted by Crippen LogP contribution is 2.29. The van der Waals surface area contributed by atoms with E-state index in [4.69, 9.17) is 24.9 Å². The minimum Gasteiger partial charge on any atom is -0.469 e. The number of nitrogens with two attached hydrogens (primary N) is 1. The number of rotatable bonds is 16. The van der Waals surface area contributed by atoms with E-state index in [1.54, 1.807) is 14.2 Å². The van der Waals surface area contributed by atoms with Gasteiger partial charge in [0.2, 0.25) is 5.91 Å². The van der Waals surface area contributed by atoms with Crippen LogP contribution in [-0.2, 0) is 49.7 Å². The molecule has 252 valence electrons. The van der Waals surface area contributed by atoms with Crippen molar-refractivity contribution in [2.45, 2.75) is 32.4 Å². The fourth-order valence-corrected chi connectivity index (χ4v) is 6.22. The summed E-state index contributed by atoms with van der Waals surface area (Å²) in [7, 11) is 4.79. The van der Waals surface area contributed by atoms with Crippen molar-refractivity contribution in [2.75, 3.05) is 86.1 Å². The van der Waals surface area contributed by atoms with Gasteiger partial charge in [-0.2, -0.15) is 0 Å². The van der Waals surface area contributed by atoms with Crippen LogP contribution in [0.4, 0.5) is 5.82 Å². The molecule has 1 fully saturated rings. The van der Waals surface area contributed by atoms with E-state index in [9.17, 15) is 9.59 Å². The Morgan fingerprint density at radius 1 is 0.894 bits per heavy atom. The molecular formula is C35H47N7O5. The number of pyridine rings is 1. The smallest absolute Gasteiger partial charge is 0.309 e. The number of imidazole rings is 1. The predicted molar refractivity (Wildman–Crippen MR) is 182 cm³/mol. The van der Waals surface area contributed by atoms with Crippen LogP contribution >= 0.6 is 0 Å². The van der Waals surface area contributed by atoms with Gasteiger partial charge in [0.1, 0.15) is 11.3 Å². The number of hydrogen-bond acceptors (Lipinski definition) is 10. The van der Waals surface area contributed by atoms with Crippen LogP contribution in [0.1, 0.15) is 23.4 Å². The van der Waals surface area contributed by atoms with Crippen LogP contribution in [0.15, 0.2) is 48.5 Å². The van der Waals surface area contributed by atoms with Crippen LogP contribution in [0.25, 0.3) is 21.9 Å². The van der Waals surface area contributed by atoms with Gasteiger partial charge in [0.25, 0.3) is 0 Å². The first-order valence-corrected chi connectivity index (χ1v) is 16.3. The second-order valence-corrected chi connectivity index (χ2v) is 12.0. The standard InChI is InChI=1S/C35H47N7O5/c1-45-20-12-30-38-33-34(28-10-4-5-11-29(28)37-35(33)36)42(30)14-7-13-41(24-27-9-6-8-26(22-27)23-32(44)47-3)31(43)25-40-17-15-39(16-18-40)19-21-46-2/h4-6,8-11,22H,7,12-21,23-25H2,1-3H3,(H2,36,37). The van der Waals surface area contributed by atoms with E-state index in [0.717, 1.165) is 66.1 Å². The highest BCUT2D eigenvalue weighted by atomic mass is 16.5. The quantitative estimate of drug-likeness (QED) is 0.182. The number of anilines is 1. The average Bonchev–Trinajstić information content (AvgIpc) is 3.45. The van der Waals surface area contributed by atoms with Crippen molar-refractivity contribution < 1.29 is 23.8 Å². The third-order valence-corrected chi connectivity index (χ3v) is 8.76. The zero-order valence-corrected chi connectivity index (χ0v) is 27.8. The lowest BCUT2D eigenvalue weighted by Gasteiger charge is -2.35. The fourth-order valence-electron chi connectivity index (χ4n) is 6.22. The predicted octanol–water partition coefficient (Wildman–Crippen LogP) is 2.75. The van der Waals surface area contributed by atoms with Gasteiger partial charge in [0, 0.05) is 78.4 Å². The maximum Gasteiger partial charge on any atom is 0.309 e. The first-order chi connectivity index (χ1) is 22.9. The maximum absolute atomic E-state index is 13.9. The van der Waals surface area contributed by atoms with Crippen LogP contribution < -0.4 is 5.73 Å². The van der Waals surface area contributed by atoms with Crippen LogP contribution in [0.5, 0.6) is 0 Å². The van der Waals surface area contributed by atoms with Gasteiger partial charge in [-0.1, -0.05) is 42.5 Å². The molecule has 47 heavy (non-hydrogen) atoms. The van der Waals surface area contributed by atoms with E-state index >= 15 is 0 Å². The lowest BCUT2D eigenvalue weighted by molar-refractivity contribution is -0.139. The number of para-hydroxylation sites is 1. The number of aromatic nitrogens is 3. The van der Waals surface area contributed by atoms with Crippen molar-refractivity contribution in [2.24, 2.45) is 0 Å². The van der Waals surface area contributed by atoms with E-state index in [-0.39, 0.29) is 18.3 Å². The van der Waals surface area contributed by atoms with Gasteiger partial charge in [0.15, 0.2) is 5.82 Å². The summed E-state index contributed by atoms with van der Waals surface area (Å²) in [5.74, 6) is 1.08. The van der Waals surface area contributed by atoms with Gasteiger partial charge in [-0.25, -0.2) is 9.97 Å². The van der Waals surface area contributed by atoms with Gasteiger partial charge >= 0.3 is 5.97 Å². The molecule has 2 N–H and O–H groups in total. The largest absolute Gasteiger partial charge is 0.469 e. The lowest BCUT2D eigenvalue weighted by Crippen LogP contribution is -2.50. The molecule has 0 radical (unpaired) electrons. The molecule has 0 atom stereocenters. The number of methoxy groups -OCH3 is 3. The SMILES string of the molecule is COCCc1nc2c(N)nc3ccccc3c2n1CCCN(Cc1cccc(CC(=O)OC)c1)C(=O)CN1CCN(CCOC)CC1. The summed E-state index contributed by atoms with van der Waals surface area (Å²) in [6, 6.07) is 15.8. The number of nitrogens with zero attached hydrogens (tertiary/aromatic N) is 6. The molecule has 2 aromatic heterocycles. The molecular weight excluding hydrogens is 598 g/mol. The number of hydrogen-bond donors (Lipinski definition) is 1. The molecule has 0 bridgehead atoms. The fraction of sp³-hybridized carbons (Fsp3) is 0.486. The number of benzene rings is 2. The molecule has 4 aromatic rings. The van der Waals surface area contributed by atoms with Gasteiger partial charge in [0.05, 0.1) is 44.3 Å². The van der Waals surface area contributed by atoms with E-state index in [1.165, 1.54) is 7.11 Å². The molecule has 0 aliphatic carbocycles. The molecule has 2 aromatic carbocycles. The van der Waals surface area contributed by atoms with Crippen molar-refractivity contribution in [3.63, 3.8) is 0 Å². The molecule has 12 nitrogen and oxygen atoms in total. The Labute approximate surface area is 276 Å². The normalized spacial score (nSPS) is 14.2. The van der Waals surface area contributed by atoms with Gasteiger partial charge in [-0.15, -0.1) is 0 Å². The number of ether oxygens (including phenoxy) is 3. The molecule has 1 aliphatic rings. The summed E-state index contributed by atoms with van der Waals surface area (Å²) in [6.45, 7) is 7.64. The maximum atomic E-state index is 13.9. The topological polar surface area (TPSA) is 128 Å². The molecule has 0 unspecified atom stereocenters. The zero-order valence-electron chi connectivity index (χ0n) is 27.8. The van der Waals surface area contributed by atoms with Crippen molar-refractivity contribution in [1.82, 2.24) is 29.2 Å². The van der Waals surface area contributed by atoms with E-state index in [0.29, 0.717) is 63.6 Å². The summed E-state index contributed by atoms with van der Waals surface area (Å²) in [5, 5.41) is 0.993. The highest BCUT2D eigenvalue weighted by Gasteiger charge is 2.23. The Kier molecular flexibility index (Phi) is 12.1. The van der Waals surface area contributed by atoms with Crippen LogP contribution in [0, 0.1) is 0 Å². The molecule has 1 amide bonds. The summed E-state index contributed by atoms with van der Waals surface area (Å²) in [6.07, 6.45) is 1.53. The Bertz CT molecular complexity index is 1650. The van der Waals surface area contributed by atoms with Crippen LogP contribution in [0.3, 0.4) is 0 Å². The van der Waals surface area contributed by atoms with Gasteiger partial charge in [-0.3, -0.25) is 19.4 Å². The van der Waals surface area contributed by atoms with Crippen molar-refractivity contribution >= 4 is 39.6 Å². The summed E-state index contributed by atoms with van der Waals surface area (Å²) >= 11 is 0. The number of carbonyl (C=O) groups is 2. The Morgan fingerprint density at radius 2 is 1.64 bits per heavy atom. The Hall–Kier alpha value is -4.10. The van der Waals surface area contributed by atoms with Crippen LogP contribution in [0.2, 0.25) is 0 Å². The van der Waals surface area contributed by atoms with Crippen molar-refractivity contribution in [1.29, 1.82) is 0 Å². The first-order valence-electron chi connectivity index (χ1n) is 16.3. The molecule has 3 heterocycles. The highest BCUT2D eigenvalue weighted by molar-refractivity contribution is 6.06. The average molecular weight is 646 g/mol. The van der Waals surface area contributed by atoms with Crippen molar-refractivity contribution in [3.05, 3.63) is 65.5 Å². The number of carbonyl (C=O) groups excluding carboxylic acids is 2. The zero-order chi connectivity index (χ0) is 33.2. The first kappa shape index (κ1) is 34.2. The Balaban J connectivity index is 1.35. The number of esters is 1. The Morgan fingerprint density at radius 3 is 2.40 bits per heavy atom. The number of nitrogen functional groups attached to an aromatic ring is 1. The minimum atomic E-state index is -0.292. The summed E-state index contributed by atoms with van der Waals surface area (Å²) in [5.41, 5.74) is 10.7. The second-order valence-electron chi connectivity index (χ2n) is 12.0. The van der Waals surface area contributed by atoms with E-state index in [1.807, 2.05) is 47.4 Å². The van der Waals surface area contributed by atoms with E-state index < -0.39 is 0 Å².